The lowest BCUT2D eigenvalue weighted by atomic mass is 9.98. The van der Waals surface area contributed by atoms with Gasteiger partial charge in [0.2, 0.25) is 0 Å². The summed E-state index contributed by atoms with van der Waals surface area (Å²) in [7, 11) is -3.45. The van der Waals surface area contributed by atoms with Crippen LogP contribution in [-0.2, 0) is 19.6 Å². The van der Waals surface area contributed by atoms with Crippen molar-refractivity contribution in [3.63, 3.8) is 0 Å². The Kier molecular flexibility index (Phi) is 6.91. The molecule has 1 aliphatic heterocycles. The second-order valence-electron chi connectivity index (χ2n) is 6.08. The van der Waals surface area contributed by atoms with Gasteiger partial charge in [-0.3, -0.25) is 4.79 Å². The molecule has 2 aromatic rings. The SMILES string of the molecule is O=C(OCCOc1cccc(Br)c1)C1CCN(S(=O)(=O)c2cccs2)CC1. The molecule has 0 bridgehead atoms. The molecule has 2 heterocycles. The van der Waals surface area contributed by atoms with E-state index in [2.05, 4.69) is 15.9 Å². The number of carbonyl (C=O) groups is 1. The first kappa shape index (κ1) is 20.3. The fraction of sp³-hybridized carbons (Fsp3) is 0.389. The summed E-state index contributed by atoms with van der Waals surface area (Å²) < 4.78 is 38.5. The molecule has 0 saturated carbocycles. The lowest BCUT2D eigenvalue weighted by molar-refractivity contribution is -0.150. The smallest absolute Gasteiger partial charge is 0.309 e. The monoisotopic (exact) mass is 473 g/mol. The van der Waals surface area contributed by atoms with Gasteiger partial charge in [0.05, 0.1) is 5.92 Å². The molecule has 1 aliphatic rings. The lowest BCUT2D eigenvalue weighted by Gasteiger charge is -2.29. The average molecular weight is 474 g/mol. The Morgan fingerprint density at radius 3 is 2.63 bits per heavy atom. The van der Waals surface area contributed by atoms with E-state index in [1.54, 1.807) is 17.5 Å². The van der Waals surface area contributed by atoms with Gasteiger partial charge < -0.3 is 9.47 Å². The largest absolute Gasteiger partial charge is 0.490 e. The Balaban J connectivity index is 1.41. The molecule has 9 heteroatoms. The molecule has 0 atom stereocenters. The van der Waals surface area contributed by atoms with Crippen LogP contribution in [0.4, 0.5) is 0 Å². The summed E-state index contributed by atoms with van der Waals surface area (Å²) in [5, 5.41) is 1.74. The number of nitrogens with zero attached hydrogens (tertiary/aromatic N) is 1. The third-order valence-corrected chi connectivity index (χ3v) is 8.03. The number of carbonyl (C=O) groups excluding carboxylic acids is 1. The Morgan fingerprint density at radius 1 is 1.19 bits per heavy atom. The van der Waals surface area contributed by atoms with Crippen molar-refractivity contribution in [1.29, 1.82) is 0 Å². The molecule has 0 N–H and O–H groups in total. The highest BCUT2D eigenvalue weighted by Gasteiger charge is 2.33. The van der Waals surface area contributed by atoms with Crippen LogP contribution in [0, 0.1) is 5.92 Å². The predicted molar refractivity (Wildman–Crippen MR) is 106 cm³/mol. The summed E-state index contributed by atoms with van der Waals surface area (Å²) in [6.45, 7) is 1.09. The van der Waals surface area contributed by atoms with Crippen LogP contribution < -0.4 is 4.74 Å². The number of benzene rings is 1. The number of hydrogen-bond donors (Lipinski definition) is 0. The van der Waals surface area contributed by atoms with E-state index in [9.17, 15) is 13.2 Å². The molecule has 1 saturated heterocycles. The Bertz CT molecular complexity index is 862. The van der Waals surface area contributed by atoms with Crippen LogP contribution in [0.25, 0.3) is 0 Å². The summed E-state index contributed by atoms with van der Waals surface area (Å²) in [6, 6.07) is 10.8. The van der Waals surface area contributed by atoms with E-state index in [1.807, 2.05) is 24.3 Å². The average Bonchev–Trinajstić information content (AvgIpc) is 3.21. The fourth-order valence-corrected chi connectivity index (χ4v) is 5.84. The normalized spacial score (nSPS) is 16.2. The molecule has 146 valence electrons. The van der Waals surface area contributed by atoms with Gasteiger partial charge in [0, 0.05) is 17.6 Å². The van der Waals surface area contributed by atoms with E-state index in [0.29, 0.717) is 35.9 Å². The molecule has 0 unspecified atom stereocenters. The van der Waals surface area contributed by atoms with Crippen molar-refractivity contribution < 1.29 is 22.7 Å². The predicted octanol–water partition coefficient (Wildman–Crippen LogP) is 3.53. The molecule has 1 aromatic carbocycles. The molecule has 3 rings (SSSR count). The Morgan fingerprint density at radius 2 is 1.96 bits per heavy atom. The molecule has 1 aromatic heterocycles. The molecular formula is C18H20BrNO5S2. The highest BCUT2D eigenvalue weighted by Crippen LogP contribution is 2.26. The summed E-state index contributed by atoms with van der Waals surface area (Å²) >= 11 is 4.57. The number of halogens is 1. The molecule has 0 amide bonds. The molecule has 27 heavy (non-hydrogen) atoms. The highest BCUT2D eigenvalue weighted by molar-refractivity contribution is 9.10. The zero-order valence-electron chi connectivity index (χ0n) is 14.5. The van der Waals surface area contributed by atoms with Gasteiger partial charge in [0.25, 0.3) is 10.0 Å². The van der Waals surface area contributed by atoms with Gasteiger partial charge in [-0.25, -0.2) is 8.42 Å². The van der Waals surface area contributed by atoms with Gasteiger partial charge in [0.15, 0.2) is 0 Å². The lowest BCUT2D eigenvalue weighted by Crippen LogP contribution is -2.40. The summed E-state index contributed by atoms with van der Waals surface area (Å²) in [5.41, 5.74) is 0. The molecule has 6 nitrogen and oxygen atoms in total. The fourth-order valence-electron chi connectivity index (χ4n) is 2.85. The van der Waals surface area contributed by atoms with Crippen LogP contribution in [0.2, 0.25) is 0 Å². The third-order valence-electron chi connectivity index (χ3n) is 4.27. The van der Waals surface area contributed by atoms with E-state index < -0.39 is 10.0 Å². The van der Waals surface area contributed by atoms with Crippen molar-refractivity contribution in [3.05, 3.63) is 46.3 Å². The van der Waals surface area contributed by atoms with Gasteiger partial charge in [-0.15, -0.1) is 11.3 Å². The highest BCUT2D eigenvalue weighted by atomic mass is 79.9. The maximum absolute atomic E-state index is 12.5. The maximum Gasteiger partial charge on any atom is 0.309 e. The number of ether oxygens (including phenoxy) is 2. The van der Waals surface area contributed by atoms with Crippen molar-refractivity contribution in [3.8, 4) is 5.75 Å². The van der Waals surface area contributed by atoms with Crippen LogP contribution >= 0.6 is 27.3 Å². The standard InChI is InChI=1S/C18H20BrNO5S2/c19-15-3-1-4-16(13-15)24-10-11-25-18(21)14-6-8-20(9-7-14)27(22,23)17-5-2-12-26-17/h1-5,12-14H,6-11H2. The van der Waals surface area contributed by atoms with Gasteiger partial charge in [-0.1, -0.05) is 28.1 Å². The Hall–Kier alpha value is -1.42. The molecule has 0 spiro atoms. The molecule has 0 aliphatic carbocycles. The van der Waals surface area contributed by atoms with Gasteiger partial charge in [-0.05, 0) is 42.5 Å². The third kappa shape index (κ3) is 5.31. The second-order valence-corrected chi connectivity index (χ2v) is 10.1. The van der Waals surface area contributed by atoms with Gasteiger partial charge in [-0.2, -0.15) is 4.31 Å². The maximum atomic E-state index is 12.5. The topological polar surface area (TPSA) is 72.9 Å². The number of sulfonamides is 1. The number of esters is 1. The molecule has 1 fully saturated rings. The Labute approximate surface area is 171 Å². The van der Waals surface area contributed by atoms with Crippen molar-refractivity contribution in [2.45, 2.75) is 17.1 Å². The first-order chi connectivity index (χ1) is 13.0. The van der Waals surface area contributed by atoms with Crippen molar-refractivity contribution in [1.82, 2.24) is 4.31 Å². The van der Waals surface area contributed by atoms with E-state index in [0.717, 1.165) is 4.47 Å². The first-order valence-corrected chi connectivity index (χ1v) is 11.7. The minimum absolute atomic E-state index is 0.166. The minimum Gasteiger partial charge on any atom is -0.490 e. The first-order valence-electron chi connectivity index (χ1n) is 8.55. The molecule has 0 radical (unpaired) electrons. The minimum atomic E-state index is -3.45. The van der Waals surface area contributed by atoms with Crippen molar-refractivity contribution in [2.24, 2.45) is 5.92 Å². The summed E-state index contributed by atoms with van der Waals surface area (Å²) in [5.74, 6) is 0.138. The number of rotatable bonds is 7. The molecular weight excluding hydrogens is 454 g/mol. The van der Waals surface area contributed by atoms with E-state index in [1.165, 1.54) is 15.6 Å². The van der Waals surface area contributed by atoms with Crippen LogP contribution in [-0.4, -0.2) is 45.0 Å². The van der Waals surface area contributed by atoms with Crippen LogP contribution in [0.5, 0.6) is 5.75 Å². The number of piperidine rings is 1. The zero-order valence-corrected chi connectivity index (χ0v) is 17.8. The van der Waals surface area contributed by atoms with Crippen molar-refractivity contribution in [2.75, 3.05) is 26.3 Å². The van der Waals surface area contributed by atoms with Crippen LogP contribution in [0.1, 0.15) is 12.8 Å². The second kappa shape index (κ2) is 9.18. The van der Waals surface area contributed by atoms with Crippen LogP contribution in [0.3, 0.4) is 0 Å². The van der Waals surface area contributed by atoms with E-state index in [4.69, 9.17) is 9.47 Å². The van der Waals surface area contributed by atoms with E-state index >= 15 is 0 Å². The van der Waals surface area contributed by atoms with Gasteiger partial charge in [0.1, 0.15) is 23.2 Å². The quantitative estimate of drug-likeness (QED) is 0.454. The van der Waals surface area contributed by atoms with Crippen LogP contribution in [0.15, 0.2) is 50.5 Å². The van der Waals surface area contributed by atoms with Gasteiger partial charge >= 0.3 is 5.97 Å². The number of hydrogen-bond acceptors (Lipinski definition) is 6. The van der Waals surface area contributed by atoms with E-state index in [-0.39, 0.29) is 25.1 Å². The number of thiophene rings is 1. The van der Waals surface area contributed by atoms with Crippen molar-refractivity contribution >= 4 is 43.3 Å². The summed E-state index contributed by atoms with van der Waals surface area (Å²) in [4.78, 5) is 12.2. The summed E-state index contributed by atoms with van der Waals surface area (Å²) in [6.07, 6.45) is 0.936. The zero-order chi connectivity index (χ0) is 19.3.